The Kier molecular flexibility index (Phi) is 3.15. The van der Waals surface area contributed by atoms with Gasteiger partial charge in [-0.25, -0.2) is 9.97 Å². The predicted molar refractivity (Wildman–Crippen MR) is 82.1 cm³/mol. The van der Waals surface area contributed by atoms with Crippen LogP contribution in [0.25, 0.3) is 0 Å². The summed E-state index contributed by atoms with van der Waals surface area (Å²) in [4.78, 5) is 11.5. The second-order valence-corrected chi connectivity index (χ2v) is 6.09. The van der Waals surface area contributed by atoms with E-state index in [0.717, 1.165) is 49.6 Å². The maximum atomic E-state index is 4.72. The molecule has 0 unspecified atom stereocenters. The third-order valence-corrected chi connectivity index (χ3v) is 4.24. The summed E-state index contributed by atoms with van der Waals surface area (Å²) in [6, 6.07) is 5.15. The van der Waals surface area contributed by atoms with E-state index in [0.29, 0.717) is 0 Å². The molecule has 0 amide bonds. The zero-order valence-corrected chi connectivity index (χ0v) is 12.4. The molecule has 2 aliphatic rings. The Labute approximate surface area is 125 Å². The zero-order valence-electron chi connectivity index (χ0n) is 12.4. The Balaban J connectivity index is 1.53. The van der Waals surface area contributed by atoms with Crippen LogP contribution in [0.5, 0.6) is 0 Å². The third kappa shape index (κ3) is 2.78. The second-order valence-electron chi connectivity index (χ2n) is 6.09. The highest BCUT2D eigenvalue weighted by Gasteiger charge is 2.21. The summed E-state index contributed by atoms with van der Waals surface area (Å²) in [6.07, 6.45) is 6.59. The molecule has 1 N–H and O–H groups in total. The molecule has 0 spiro atoms. The average molecular weight is 283 g/mol. The quantitative estimate of drug-likeness (QED) is 0.930. The average Bonchev–Trinajstić information content (AvgIpc) is 3.20. The van der Waals surface area contributed by atoms with E-state index >= 15 is 0 Å². The van der Waals surface area contributed by atoms with E-state index in [1.54, 1.807) is 0 Å². The van der Waals surface area contributed by atoms with Gasteiger partial charge in [-0.05, 0) is 37.5 Å². The molecule has 4 rings (SSSR count). The van der Waals surface area contributed by atoms with Crippen molar-refractivity contribution in [3.05, 3.63) is 41.6 Å². The molecule has 3 heterocycles. The molecule has 0 aromatic carbocycles. The largest absolute Gasteiger partial charge is 0.347 e. The summed E-state index contributed by atoms with van der Waals surface area (Å²) in [5.41, 5.74) is 2.42. The molecule has 0 atom stereocenters. The number of imidazole rings is 1. The number of pyridine rings is 1. The van der Waals surface area contributed by atoms with Gasteiger partial charge in [-0.2, -0.15) is 0 Å². The fraction of sp³-hybridized carbons (Fsp3) is 0.500. The topological polar surface area (TPSA) is 46.0 Å². The number of hydrogen-bond donors (Lipinski definition) is 1. The Morgan fingerprint density at radius 2 is 2.19 bits per heavy atom. The monoisotopic (exact) mass is 283 g/mol. The number of anilines is 1. The van der Waals surface area contributed by atoms with Crippen LogP contribution in [0.3, 0.4) is 0 Å². The summed E-state index contributed by atoms with van der Waals surface area (Å²) >= 11 is 0. The van der Waals surface area contributed by atoms with Crippen molar-refractivity contribution in [3.63, 3.8) is 0 Å². The number of fused-ring (bicyclic) bond motifs is 1. The van der Waals surface area contributed by atoms with E-state index in [2.05, 4.69) is 45.0 Å². The third-order valence-electron chi connectivity index (χ3n) is 4.24. The van der Waals surface area contributed by atoms with Crippen LogP contribution in [0.15, 0.2) is 24.5 Å². The second kappa shape index (κ2) is 5.15. The van der Waals surface area contributed by atoms with E-state index in [1.807, 2.05) is 6.20 Å². The molecule has 1 aliphatic carbocycles. The summed E-state index contributed by atoms with van der Waals surface area (Å²) in [5.74, 6) is 2.21. The smallest absolute Gasteiger partial charge is 0.129 e. The Bertz CT molecular complexity index is 644. The molecule has 5 heteroatoms. The van der Waals surface area contributed by atoms with E-state index in [1.165, 1.54) is 18.4 Å². The molecule has 0 saturated heterocycles. The summed E-state index contributed by atoms with van der Waals surface area (Å²) < 4.78 is 2.22. The minimum Gasteiger partial charge on any atom is -0.347 e. The van der Waals surface area contributed by atoms with Gasteiger partial charge in [0.2, 0.25) is 0 Å². The van der Waals surface area contributed by atoms with Crippen molar-refractivity contribution in [1.82, 2.24) is 19.9 Å². The van der Waals surface area contributed by atoms with Crippen molar-refractivity contribution in [2.75, 3.05) is 11.4 Å². The van der Waals surface area contributed by atoms with Crippen LogP contribution in [0.1, 0.15) is 29.9 Å². The molecule has 2 aromatic rings. The Morgan fingerprint density at radius 1 is 1.29 bits per heavy atom. The number of rotatable bonds is 4. The fourth-order valence-corrected chi connectivity index (χ4v) is 2.90. The van der Waals surface area contributed by atoms with Gasteiger partial charge in [0.05, 0.1) is 6.54 Å². The first-order chi connectivity index (χ1) is 10.3. The molecule has 0 bridgehead atoms. The summed E-state index contributed by atoms with van der Waals surface area (Å²) in [6.45, 7) is 5.85. The van der Waals surface area contributed by atoms with E-state index in [9.17, 15) is 0 Å². The van der Waals surface area contributed by atoms with Crippen LogP contribution in [-0.2, 0) is 19.6 Å². The van der Waals surface area contributed by atoms with Crippen LogP contribution in [-0.4, -0.2) is 27.1 Å². The van der Waals surface area contributed by atoms with Gasteiger partial charge in [0.15, 0.2) is 0 Å². The lowest BCUT2D eigenvalue weighted by molar-refractivity contribution is 0.555. The van der Waals surface area contributed by atoms with Crippen LogP contribution >= 0.6 is 0 Å². The molecule has 110 valence electrons. The van der Waals surface area contributed by atoms with Crippen LogP contribution < -0.4 is 10.2 Å². The van der Waals surface area contributed by atoms with Crippen LogP contribution in [0, 0.1) is 6.92 Å². The Hall–Kier alpha value is -1.88. The van der Waals surface area contributed by atoms with Gasteiger partial charge in [0.25, 0.3) is 0 Å². The first-order valence-electron chi connectivity index (χ1n) is 7.74. The van der Waals surface area contributed by atoms with Crippen LogP contribution in [0.4, 0.5) is 5.82 Å². The lowest BCUT2D eigenvalue weighted by Gasteiger charge is -2.29. The molecule has 1 saturated carbocycles. The van der Waals surface area contributed by atoms with Gasteiger partial charge in [0.1, 0.15) is 11.6 Å². The molecule has 21 heavy (non-hydrogen) atoms. The van der Waals surface area contributed by atoms with Crippen LogP contribution in [0.2, 0.25) is 0 Å². The minimum absolute atomic E-state index is 0.740. The number of aryl methyl sites for hydroxylation is 1. The summed E-state index contributed by atoms with van der Waals surface area (Å²) in [7, 11) is 0. The van der Waals surface area contributed by atoms with Gasteiger partial charge in [0, 0.05) is 43.8 Å². The van der Waals surface area contributed by atoms with E-state index < -0.39 is 0 Å². The predicted octanol–water partition coefficient (Wildman–Crippen LogP) is 1.86. The highest BCUT2D eigenvalue weighted by atomic mass is 15.3. The van der Waals surface area contributed by atoms with Gasteiger partial charge < -0.3 is 14.8 Å². The maximum absolute atomic E-state index is 4.72. The van der Waals surface area contributed by atoms with Crippen molar-refractivity contribution < 1.29 is 0 Å². The van der Waals surface area contributed by atoms with Gasteiger partial charge in [-0.1, -0.05) is 0 Å². The van der Waals surface area contributed by atoms with Gasteiger partial charge >= 0.3 is 0 Å². The number of aromatic nitrogens is 3. The van der Waals surface area contributed by atoms with Crippen molar-refractivity contribution in [2.24, 2.45) is 0 Å². The highest BCUT2D eigenvalue weighted by Crippen LogP contribution is 2.22. The van der Waals surface area contributed by atoms with Crippen molar-refractivity contribution >= 4 is 5.82 Å². The first-order valence-corrected chi connectivity index (χ1v) is 7.74. The number of nitrogens with one attached hydrogen (secondary N) is 1. The summed E-state index contributed by atoms with van der Waals surface area (Å²) in [5, 5.41) is 3.58. The van der Waals surface area contributed by atoms with Crippen molar-refractivity contribution in [3.8, 4) is 0 Å². The molecule has 2 aromatic heterocycles. The minimum atomic E-state index is 0.740. The normalized spacial score (nSPS) is 17.9. The number of hydrogen-bond acceptors (Lipinski definition) is 4. The molecular formula is C16H21N5. The fourth-order valence-electron chi connectivity index (χ4n) is 2.90. The Morgan fingerprint density at radius 3 is 3.05 bits per heavy atom. The van der Waals surface area contributed by atoms with Crippen molar-refractivity contribution in [1.29, 1.82) is 0 Å². The molecular weight excluding hydrogens is 262 g/mol. The lowest BCUT2D eigenvalue weighted by atomic mass is 10.2. The van der Waals surface area contributed by atoms with E-state index in [-0.39, 0.29) is 0 Å². The zero-order chi connectivity index (χ0) is 14.2. The number of nitrogens with zero attached hydrogens (tertiary/aromatic N) is 4. The lowest BCUT2D eigenvalue weighted by Crippen LogP contribution is -2.34. The molecule has 1 aliphatic heterocycles. The maximum Gasteiger partial charge on any atom is 0.129 e. The SMILES string of the molecule is Cc1cc(CNC2CC2)cc(N2CCn3ccnc3C2)n1. The molecule has 0 radical (unpaired) electrons. The van der Waals surface area contributed by atoms with E-state index in [4.69, 9.17) is 4.98 Å². The molecule has 5 nitrogen and oxygen atoms in total. The molecule has 1 fully saturated rings. The highest BCUT2D eigenvalue weighted by molar-refractivity contribution is 5.43. The standard InChI is InChI=1S/C16H21N5/c1-12-8-13(10-18-14-2-3-14)9-15(19-12)21-7-6-20-5-4-17-16(20)11-21/h4-5,8-9,14,18H,2-3,6-7,10-11H2,1H3. The first kappa shape index (κ1) is 12.8. The van der Waals surface area contributed by atoms with Gasteiger partial charge in [-0.3, -0.25) is 0 Å². The van der Waals surface area contributed by atoms with Crippen molar-refractivity contribution in [2.45, 2.75) is 45.4 Å². The van der Waals surface area contributed by atoms with Gasteiger partial charge in [-0.15, -0.1) is 0 Å².